The Balaban J connectivity index is 3.28. The van der Waals surface area contributed by atoms with Crippen LogP contribution in [0.2, 0.25) is 0 Å². The van der Waals surface area contributed by atoms with Gasteiger partial charge in [0.05, 0.1) is 5.41 Å². The molecule has 0 unspecified atom stereocenters. The van der Waals surface area contributed by atoms with E-state index in [2.05, 4.69) is 0 Å². The number of aliphatic carboxylic acids is 1. The Labute approximate surface area is 81.8 Å². The molecule has 0 aliphatic heterocycles. The van der Waals surface area contributed by atoms with Gasteiger partial charge in [-0.15, -0.1) is 0 Å². The number of pyridine rings is 1. The summed E-state index contributed by atoms with van der Waals surface area (Å²) >= 11 is 0. The molecule has 0 amide bonds. The molecule has 1 rings (SSSR count). The monoisotopic (exact) mass is 195 g/mol. The Morgan fingerprint density at radius 1 is 1.50 bits per heavy atom. The number of aryl methyl sites for hydroxylation is 1. The maximum Gasteiger partial charge on any atom is 0.313 e. The zero-order chi connectivity index (χ0) is 10.9. The lowest BCUT2D eigenvalue weighted by Crippen LogP contribution is -2.30. The van der Waals surface area contributed by atoms with Crippen LogP contribution < -0.4 is 5.56 Å². The first-order chi connectivity index (χ1) is 6.35. The van der Waals surface area contributed by atoms with Gasteiger partial charge in [-0.3, -0.25) is 9.59 Å². The molecule has 0 bridgehead atoms. The molecule has 0 spiro atoms. The van der Waals surface area contributed by atoms with E-state index >= 15 is 0 Å². The second-order valence-electron chi connectivity index (χ2n) is 3.79. The van der Waals surface area contributed by atoms with Crippen molar-refractivity contribution in [1.29, 1.82) is 0 Å². The molecule has 0 radical (unpaired) electrons. The maximum atomic E-state index is 11.3. The third-order valence-corrected chi connectivity index (χ3v) is 2.36. The molecule has 0 aromatic carbocycles. The van der Waals surface area contributed by atoms with E-state index in [-0.39, 0.29) is 5.56 Å². The number of hydrogen-bond acceptors (Lipinski definition) is 2. The molecule has 0 atom stereocenters. The largest absolute Gasteiger partial charge is 0.481 e. The predicted molar refractivity (Wildman–Crippen MR) is 52.3 cm³/mol. The average Bonchev–Trinajstić information content (AvgIpc) is 2.09. The highest BCUT2D eigenvalue weighted by Gasteiger charge is 2.29. The summed E-state index contributed by atoms with van der Waals surface area (Å²) in [4.78, 5) is 22.2. The van der Waals surface area contributed by atoms with E-state index in [1.54, 1.807) is 33.2 Å². The van der Waals surface area contributed by atoms with E-state index in [9.17, 15) is 9.59 Å². The molecule has 1 heterocycles. The van der Waals surface area contributed by atoms with E-state index in [0.717, 1.165) is 0 Å². The van der Waals surface area contributed by atoms with E-state index < -0.39 is 11.4 Å². The smallest absolute Gasteiger partial charge is 0.313 e. The molecule has 0 aliphatic carbocycles. The van der Waals surface area contributed by atoms with Crippen LogP contribution >= 0.6 is 0 Å². The fourth-order valence-corrected chi connectivity index (χ4v) is 1.06. The highest BCUT2D eigenvalue weighted by atomic mass is 16.4. The third kappa shape index (κ3) is 1.69. The summed E-state index contributed by atoms with van der Waals surface area (Å²) < 4.78 is 1.40. The van der Waals surface area contributed by atoms with Crippen LogP contribution in [0.1, 0.15) is 19.4 Å². The van der Waals surface area contributed by atoms with Crippen molar-refractivity contribution in [3.63, 3.8) is 0 Å². The Morgan fingerprint density at radius 2 is 2.07 bits per heavy atom. The van der Waals surface area contributed by atoms with E-state index in [4.69, 9.17) is 5.11 Å². The lowest BCUT2D eigenvalue weighted by molar-refractivity contribution is -0.142. The lowest BCUT2D eigenvalue weighted by atomic mass is 9.85. The second kappa shape index (κ2) is 3.29. The minimum absolute atomic E-state index is 0.197. The van der Waals surface area contributed by atoms with Gasteiger partial charge in [0.15, 0.2) is 0 Å². The SMILES string of the molecule is Cn1ccc(C(C)(C)C(=O)O)cc1=O. The molecular weight excluding hydrogens is 182 g/mol. The molecule has 1 aromatic heterocycles. The van der Waals surface area contributed by atoms with Crippen LogP contribution in [0.15, 0.2) is 23.1 Å². The molecule has 0 saturated heterocycles. The zero-order valence-electron chi connectivity index (χ0n) is 8.44. The first-order valence-corrected chi connectivity index (χ1v) is 4.26. The van der Waals surface area contributed by atoms with Crippen molar-refractivity contribution in [2.45, 2.75) is 19.3 Å². The van der Waals surface area contributed by atoms with E-state index in [1.807, 2.05) is 0 Å². The Morgan fingerprint density at radius 3 is 2.50 bits per heavy atom. The minimum atomic E-state index is -1.02. The van der Waals surface area contributed by atoms with Gasteiger partial charge in [0.2, 0.25) is 0 Å². The fourth-order valence-electron chi connectivity index (χ4n) is 1.06. The molecule has 0 aliphatic rings. The molecule has 0 saturated carbocycles. The first kappa shape index (κ1) is 10.5. The van der Waals surface area contributed by atoms with Crippen molar-refractivity contribution in [2.75, 3.05) is 0 Å². The fraction of sp³-hybridized carbons (Fsp3) is 0.400. The van der Waals surface area contributed by atoms with Crippen molar-refractivity contribution in [3.05, 3.63) is 34.2 Å². The lowest BCUT2D eigenvalue weighted by Gasteiger charge is -2.19. The van der Waals surface area contributed by atoms with E-state index in [0.29, 0.717) is 5.56 Å². The van der Waals surface area contributed by atoms with Crippen LogP contribution in [0.5, 0.6) is 0 Å². The summed E-state index contributed by atoms with van der Waals surface area (Å²) in [6.45, 7) is 3.15. The number of carbonyl (C=O) groups is 1. The van der Waals surface area contributed by atoms with Crippen molar-refractivity contribution < 1.29 is 9.90 Å². The van der Waals surface area contributed by atoms with Crippen molar-refractivity contribution in [3.8, 4) is 0 Å². The minimum Gasteiger partial charge on any atom is -0.481 e. The van der Waals surface area contributed by atoms with Crippen molar-refractivity contribution >= 4 is 5.97 Å². The van der Waals surface area contributed by atoms with Gasteiger partial charge >= 0.3 is 5.97 Å². The van der Waals surface area contributed by atoms with Crippen LogP contribution in [0.25, 0.3) is 0 Å². The zero-order valence-corrected chi connectivity index (χ0v) is 8.44. The number of hydrogen-bond donors (Lipinski definition) is 1. The summed E-state index contributed by atoms with van der Waals surface area (Å²) in [7, 11) is 1.62. The second-order valence-corrected chi connectivity index (χ2v) is 3.79. The van der Waals surface area contributed by atoms with Crippen molar-refractivity contribution in [1.82, 2.24) is 4.57 Å². The van der Waals surface area contributed by atoms with E-state index in [1.165, 1.54) is 10.6 Å². The van der Waals surface area contributed by atoms with Gasteiger partial charge in [-0.25, -0.2) is 0 Å². The van der Waals surface area contributed by atoms with Crippen LogP contribution in [0.4, 0.5) is 0 Å². The molecule has 1 aromatic rings. The number of aromatic nitrogens is 1. The first-order valence-electron chi connectivity index (χ1n) is 4.26. The van der Waals surface area contributed by atoms with Crippen molar-refractivity contribution in [2.24, 2.45) is 7.05 Å². The van der Waals surface area contributed by atoms with Gasteiger partial charge in [-0.1, -0.05) is 0 Å². The van der Waals surface area contributed by atoms with Gasteiger partial charge in [0.25, 0.3) is 5.56 Å². The quantitative estimate of drug-likeness (QED) is 0.757. The Kier molecular flexibility index (Phi) is 2.47. The van der Waals surface area contributed by atoms with Gasteiger partial charge in [-0.2, -0.15) is 0 Å². The predicted octanol–water partition coefficient (Wildman–Crippen LogP) is 0.748. The normalized spacial score (nSPS) is 11.4. The highest BCUT2D eigenvalue weighted by Crippen LogP contribution is 2.21. The molecule has 14 heavy (non-hydrogen) atoms. The Bertz CT molecular complexity index is 418. The van der Waals surface area contributed by atoms with Crippen LogP contribution in [-0.4, -0.2) is 15.6 Å². The molecule has 1 N–H and O–H groups in total. The molecule has 76 valence electrons. The summed E-state index contributed by atoms with van der Waals surface area (Å²) in [5.74, 6) is -0.939. The maximum absolute atomic E-state index is 11.3. The number of nitrogens with zero attached hydrogens (tertiary/aromatic N) is 1. The van der Waals surface area contributed by atoms with Crippen LogP contribution in [0.3, 0.4) is 0 Å². The standard InChI is InChI=1S/C10H13NO3/c1-10(2,9(13)14)7-4-5-11(3)8(12)6-7/h4-6H,1-3H3,(H,13,14). The van der Waals surface area contributed by atoms with Crippen LogP contribution in [-0.2, 0) is 17.3 Å². The Hall–Kier alpha value is -1.58. The third-order valence-electron chi connectivity index (χ3n) is 2.36. The summed E-state index contributed by atoms with van der Waals surface area (Å²) in [6, 6.07) is 3.00. The van der Waals surface area contributed by atoms with Gasteiger partial charge in [0, 0.05) is 19.3 Å². The number of rotatable bonds is 2. The molecular formula is C10H13NO3. The van der Waals surface area contributed by atoms with Gasteiger partial charge < -0.3 is 9.67 Å². The topological polar surface area (TPSA) is 59.3 Å². The van der Waals surface area contributed by atoms with Crippen LogP contribution in [0, 0.1) is 0 Å². The molecule has 4 nitrogen and oxygen atoms in total. The van der Waals surface area contributed by atoms with Gasteiger partial charge in [0.1, 0.15) is 0 Å². The summed E-state index contributed by atoms with van der Waals surface area (Å²) in [6.07, 6.45) is 1.57. The summed E-state index contributed by atoms with van der Waals surface area (Å²) in [5, 5.41) is 8.95. The molecule has 0 fully saturated rings. The number of carboxylic acids is 1. The number of carboxylic acid groups (broad SMARTS) is 1. The van der Waals surface area contributed by atoms with Gasteiger partial charge in [-0.05, 0) is 25.5 Å². The average molecular weight is 195 g/mol. The highest BCUT2D eigenvalue weighted by molar-refractivity contribution is 5.80. The molecule has 4 heteroatoms. The summed E-state index contributed by atoms with van der Waals surface area (Å²) in [5.41, 5.74) is -0.696.